The first-order valence-electron chi connectivity index (χ1n) is 13.1. The van der Waals surface area contributed by atoms with Crippen LogP contribution in [0.3, 0.4) is 0 Å². The third kappa shape index (κ3) is 4.58. The molecule has 2 aromatic rings. The second-order valence-electron chi connectivity index (χ2n) is 10.5. The average Bonchev–Trinajstić information content (AvgIpc) is 3.15. The smallest absolute Gasteiger partial charge is 0.274 e. The number of amides is 3. The van der Waals surface area contributed by atoms with Gasteiger partial charge in [-0.25, -0.2) is 0 Å². The fourth-order valence-corrected chi connectivity index (χ4v) is 5.56. The van der Waals surface area contributed by atoms with Crippen molar-refractivity contribution in [3.63, 3.8) is 0 Å². The molecule has 5 rings (SSSR count). The maximum atomic E-state index is 13.4. The highest BCUT2D eigenvalue weighted by Crippen LogP contribution is 2.28. The Bertz CT molecular complexity index is 1120. The Morgan fingerprint density at radius 3 is 2.33 bits per heavy atom. The molecule has 3 heterocycles. The minimum atomic E-state index is -1.07. The van der Waals surface area contributed by atoms with Gasteiger partial charge in [0.15, 0.2) is 5.69 Å². The van der Waals surface area contributed by atoms with E-state index in [9.17, 15) is 14.4 Å². The van der Waals surface area contributed by atoms with Gasteiger partial charge in [-0.15, -0.1) is 0 Å². The number of fused-ring (bicyclic) bond motifs is 1. The molecule has 0 spiro atoms. The van der Waals surface area contributed by atoms with E-state index >= 15 is 0 Å². The van der Waals surface area contributed by atoms with Crippen molar-refractivity contribution < 1.29 is 14.4 Å². The highest BCUT2D eigenvalue weighted by atomic mass is 16.2. The number of benzene rings is 1. The summed E-state index contributed by atoms with van der Waals surface area (Å²) < 4.78 is 1.54. The minimum absolute atomic E-state index is 0.144. The molecule has 1 saturated heterocycles. The van der Waals surface area contributed by atoms with Crippen LogP contribution in [0.25, 0.3) is 0 Å². The van der Waals surface area contributed by atoms with Crippen LogP contribution in [0, 0.1) is 0 Å². The van der Waals surface area contributed by atoms with E-state index in [1.54, 1.807) is 29.6 Å². The molecular formula is C27H36N6O3. The van der Waals surface area contributed by atoms with Gasteiger partial charge in [0, 0.05) is 51.0 Å². The third-order valence-corrected chi connectivity index (χ3v) is 8.09. The molecule has 0 unspecified atom stereocenters. The summed E-state index contributed by atoms with van der Waals surface area (Å²) in [6.45, 7) is 4.66. The number of para-hydroxylation sites is 1. The van der Waals surface area contributed by atoms with Crippen molar-refractivity contribution in [1.29, 1.82) is 0 Å². The zero-order valence-corrected chi connectivity index (χ0v) is 21.3. The van der Waals surface area contributed by atoms with Crippen LogP contribution in [0.4, 0.5) is 5.69 Å². The molecule has 1 aromatic heterocycles. The quantitative estimate of drug-likeness (QED) is 0.663. The highest BCUT2D eigenvalue weighted by molar-refractivity contribution is 6.01. The van der Waals surface area contributed by atoms with E-state index in [2.05, 4.69) is 27.4 Å². The van der Waals surface area contributed by atoms with Crippen molar-refractivity contribution >= 4 is 23.4 Å². The third-order valence-electron chi connectivity index (χ3n) is 8.09. The van der Waals surface area contributed by atoms with Crippen molar-refractivity contribution in [2.75, 3.05) is 38.1 Å². The molecule has 192 valence electrons. The van der Waals surface area contributed by atoms with Crippen LogP contribution in [-0.2, 0) is 11.3 Å². The first-order chi connectivity index (χ1) is 17.4. The number of nitrogens with zero attached hydrogens (tertiary/aromatic N) is 5. The molecule has 1 N–H and O–H groups in total. The molecular weight excluding hydrogens is 456 g/mol. The van der Waals surface area contributed by atoms with Crippen LogP contribution >= 0.6 is 0 Å². The van der Waals surface area contributed by atoms with E-state index in [1.165, 1.54) is 17.7 Å². The molecule has 1 aliphatic carbocycles. The lowest BCUT2D eigenvalue weighted by Crippen LogP contribution is -2.63. The maximum Gasteiger partial charge on any atom is 0.274 e. The molecule has 1 aromatic carbocycles. The maximum absolute atomic E-state index is 13.4. The number of hydrogen-bond acceptors (Lipinski definition) is 5. The number of anilines is 1. The summed E-state index contributed by atoms with van der Waals surface area (Å²) >= 11 is 0. The van der Waals surface area contributed by atoms with Gasteiger partial charge in [0.1, 0.15) is 11.2 Å². The van der Waals surface area contributed by atoms with Crippen molar-refractivity contribution in [3.8, 4) is 0 Å². The van der Waals surface area contributed by atoms with Gasteiger partial charge >= 0.3 is 0 Å². The molecule has 3 aliphatic rings. The van der Waals surface area contributed by atoms with Gasteiger partial charge in [-0.2, -0.15) is 5.10 Å². The Balaban J connectivity index is 1.27. The lowest BCUT2D eigenvalue weighted by molar-refractivity contribution is -0.133. The Morgan fingerprint density at radius 1 is 1.00 bits per heavy atom. The zero-order valence-electron chi connectivity index (χ0n) is 21.3. The Hall–Kier alpha value is -3.36. The van der Waals surface area contributed by atoms with Crippen LogP contribution < -0.4 is 10.2 Å². The van der Waals surface area contributed by atoms with E-state index in [1.807, 2.05) is 18.2 Å². The number of likely N-dealkylation sites (N-methyl/N-ethyl adjacent to an activating group) is 1. The number of nitrogens with one attached hydrogen (secondary N) is 1. The summed E-state index contributed by atoms with van der Waals surface area (Å²) in [6.07, 6.45) is 6.59. The predicted molar refractivity (Wildman–Crippen MR) is 137 cm³/mol. The van der Waals surface area contributed by atoms with Crippen LogP contribution in [0.2, 0.25) is 0 Å². The molecule has 3 amide bonds. The van der Waals surface area contributed by atoms with Crippen LogP contribution in [-0.4, -0.2) is 82.1 Å². The van der Waals surface area contributed by atoms with Crippen LogP contribution in [0.15, 0.2) is 36.4 Å². The van der Waals surface area contributed by atoms with Gasteiger partial charge in [0.25, 0.3) is 11.8 Å². The molecule has 0 bridgehead atoms. The highest BCUT2D eigenvalue weighted by Gasteiger charge is 2.47. The van der Waals surface area contributed by atoms with Crippen molar-refractivity contribution in [3.05, 3.63) is 47.8 Å². The SMILES string of the molecule is CN1C(=O)c2cc(C(=O)N3CCN(c4ccccc4)CC3)nn2C[C@@]1(C)C(=O)NC1CCCCCC1. The summed E-state index contributed by atoms with van der Waals surface area (Å²) in [5.74, 6) is -0.624. The van der Waals surface area contributed by atoms with Crippen molar-refractivity contribution in [2.45, 2.75) is 63.6 Å². The van der Waals surface area contributed by atoms with E-state index in [-0.39, 0.29) is 36.0 Å². The van der Waals surface area contributed by atoms with Gasteiger partial charge in [-0.05, 0) is 31.9 Å². The Labute approximate surface area is 212 Å². The topological polar surface area (TPSA) is 90.8 Å². The largest absolute Gasteiger partial charge is 0.368 e. The zero-order chi connectivity index (χ0) is 25.3. The summed E-state index contributed by atoms with van der Waals surface area (Å²) in [6, 6.07) is 11.9. The molecule has 1 atom stereocenters. The molecule has 36 heavy (non-hydrogen) atoms. The fraction of sp³-hybridized carbons (Fsp3) is 0.556. The molecule has 9 nitrogen and oxygen atoms in total. The first kappa shape index (κ1) is 24.3. The van der Waals surface area contributed by atoms with Gasteiger partial charge in [-0.3, -0.25) is 19.1 Å². The normalized spacial score (nSPS) is 23.3. The lowest BCUT2D eigenvalue weighted by atomic mass is 9.95. The monoisotopic (exact) mass is 492 g/mol. The fourth-order valence-electron chi connectivity index (χ4n) is 5.56. The van der Waals surface area contributed by atoms with Gasteiger partial charge in [-0.1, -0.05) is 43.9 Å². The number of hydrogen-bond donors (Lipinski definition) is 1. The predicted octanol–water partition coefficient (Wildman–Crippen LogP) is 2.53. The lowest BCUT2D eigenvalue weighted by Gasteiger charge is -2.41. The number of carbonyl (C=O) groups excluding carboxylic acids is 3. The van der Waals surface area contributed by atoms with Gasteiger partial charge in [0.05, 0.1) is 6.54 Å². The van der Waals surface area contributed by atoms with Crippen LogP contribution in [0.5, 0.6) is 0 Å². The molecule has 1 saturated carbocycles. The van der Waals surface area contributed by atoms with E-state index in [0.717, 1.165) is 44.5 Å². The molecule has 2 aliphatic heterocycles. The van der Waals surface area contributed by atoms with Crippen LogP contribution in [0.1, 0.15) is 66.4 Å². The van der Waals surface area contributed by atoms with E-state index in [0.29, 0.717) is 18.8 Å². The average molecular weight is 493 g/mol. The summed E-state index contributed by atoms with van der Waals surface area (Å²) in [4.78, 5) is 45.4. The van der Waals surface area contributed by atoms with Crippen molar-refractivity contribution in [1.82, 2.24) is 24.9 Å². The van der Waals surface area contributed by atoms with E-state index in [4.69, 9.17) is 0 Å². The number of aromatic nitrogens is 2. The minimum Gasteiger partial charge on any atom is -0.368 e. The summed E-state index contributed by atoms with van der Waals surface area (Å²) in [5.41, 5.74) is 0.693. The Kier molecular flexibility index (Phi) is 6.73. The number of carbonyl (C=O) groups is 3. The number of piperazine rings is 1. The van der Waals surface area contributed by atoms with Gasteiger partial charge < -0.3 is 20.0 Å². The standard InChI is InChI=1S/C27H36N6O3/c1-27(26(36)28-20-10-6-3-4-7-11-20)19-33-23(25(35)30(27)2)18-22(29-33)24(34)32-16-14-31(15-17-32)21-12-8-5-9-13-21/h5,8-9,12-13,18,20H,3-4,6-7,10-11,14-17,19H2,1-2H3,(H,28,36)/t27-/m0/s1. The molecule has 0 radical (unpaired) electrons. The summed E-state index contributed by atoms with van der Waals surface area (Å²) in [5, 5.41) is 7.71. The summed E-state index contributed by atoms with van der Waals surface area (Å²) in [7, 11) is 1.66. The Morgan fingerprint density at radius 2 is 1.67 bits per heavy atom. The molecule has 2 fully saturated rings. The number of rotatable bonds is 4. The molecule has 9 heteroatoms. The first-order valence-corrected chi connectivity index (χ1v) is 13.1. The second kappa shape index (κ2) is 9.95. The van der Waals surface area contributed by atoms with E-state index < -0.39 is 5.54 Å². The van der Waals surface area contributed by atoms with Crippen molar-refractivity contribution in [2.24, 2.45) is 0 Å². The second-order valence-corrected chi connectivity index (χ2v) is 10.5. The van der Waals surface area contributed by atoms with Gasteiger partial charge in [0.2, 0.25) is 5.91 Å².